The van der Waals surface area contributed by atoms with Gasteiger partial charge in [0.2, 0.25) is 0 Å². The molecule has 2 heterocycles. The molecule has 0 bridgehead atoms. The van der Waals surface area contributed by atoms with Crippen LogP contribution in [0.15, 0.2) is 22.7 Å². The zero-order valence-electron chi connectivity index (χ0n) is 12.9. The maximum Gasteiger partial charge on any atom is 0.194 e. The van der Waals surface area contributed by atoms with Gasteiger partial charge in [-0.2, -0.15) is 0 Å². The molecular formula is C17H16F3NO3. The van der Waals surface area contributed by atoms with Crippen LogP contribution >= 0.6 is 0 Å². The quantitative estimate of drug-likeness (QED) is 0.595. The highest BCUT2D eigenvalue weighted by Crippen LogP contribution is 2.21. The number of carbonyl (C=O) groups excluding carboxylic acids is 1. The summed E-state index contributed by atoms with van der Waals surface area (Å²) in [5, 5.41) is 3.68. The number of ether oxygens (including phenoxy) is 1. The summed E-state index contributed by atoms with van der Waals surface area (Å²) in [6.07, 6.45) is 1.89. The molecule has 0 spiro atoms. The second-order valence-corrected chi connectivity index (χ2v) is 5.88. The SMILES string of the molecule is O=C(CCC1CCOC1)c1cc(Cc2ccc(F)c(F)c2F)on1. The molecule has 0 radical (unpaired) electrons. The van der Waals surface area contributed by atoms with Gasteiger partial charge in [0.15, 0.2) is 23.2 Å². The van der Waals surface area contributed by atoms with E-state index in [2.05, 4.69) is 5.16 Å². The van der Waals surface area contributed by atoms with Crippen LogP contribution in [0.5, 0.6) is 0 Å². The summed E-state index contributed by atoms with van der Waals surface area (Å²) in [4.78, 5) is 12.1. The van der Waals surface area contributed by atoms with Crippen LogP contribution in [0.3, 0.4) is 0 Å². The van der Waals surface area contributed by atoms with Crippen molar-refractivity contribution < 1.29 is 27.2 Å². The fourth-order valence-electron chi connectivity index (χ4n) is 2.69. The average Bonchev–Trinajstić information content (AvgIpc) is 3.25. The van der Waals surface area contributed by atoms with Crippen LogP contribution in [-0.4, -0.2) is 24.2 Å². The van der Waals surface area contributed by atoms with Gasteiger partial charge in [0.25, 0.3) is 0 Å². The predicted molar refractivity (Wildman–Crippen MR) is 78.1 cm³/mol. The minimum Gasteiger partial charge on any atom is -0.381 e. The first-order valence-corrected chi connectivity index (χ1v) is 7.73. The first kappa shape index (κ1) is 16.7. The Morgan fingerprint density at radius 1 is 1.25 bits per heavy atom. The van der Waals surface area contributed by atoms with Crippen LogP contribution in [0.4, 0.5) is 13.2 Å². The van der Waals surface area contributed by atoms with E-state index in [4.69, 9.17) is 9.26 Å². The number of carbonyl (C=O) groups is 1. The molecule has 128 valence electrons. The number of halogens is 3. The summed E-state index contributed by atoms with van der Waals surface area (Å²) in [6.45, 7) is 1.40. The lowest BCUT2D eigenvalue weighted by Gasteiger charge is -2.04. The monoisotopic (exact) mass is 339 g/mol. The highest BCUT2D eigenvalue weighted by Gasteiger charge is 2.20. The Hall–Kier alpha value is -2.15. The smallest absolute Gasteiger partial charge is 0.194 e. The third-order valence-electron chi connectivity index (χ3n) is 4.13. The summed E-state index contributed by atoms with van der Waals surface area (Å²) in [5.74, 6) is -3.60. The molecule has 1 atom stereocenters. The van der Waals surface area contributed by atoms with Gasteiger partial charge in [0.05, 0.1) is 0 Å². The van der Waals surface area contributed by atoms with Crippen molar-refractivity contribution in [3.05, 3.63) is 52.7 Å². The van der Waals surface area contributed by atoms with Crippen LogP contribution < -0.4 is 0 Å². The summed E-state index contributed by atoms with van der Waals surface area (Å²) < 4.78 is 50.0. The number of hydrogen-bond donors (Lipinski definition) is 0. The maximum atomic E-state index is 13.7. The van der Waals surface area contributed by atoms with Crippen molar-refractivity contribution >= 4 is 5.78 Å². The molecule has 1 unspecified atom stereocenters. The van der Waals surface area contributed by atoms with Crippen LogP contribution in [0.1, 0.15) is 41.1 Å². The summed E-state index contributed by atoms with van der Waals surface area (Å²) >= 11 is 0. The lowest BCUT2D eigenvalue weighted by Crippen LogP contribution is -2.05. The van der Waals surface area contributed by atoms with Crippen LogP contribution in [-0.2, 0) is 11.2 Å². The number of benzene rings is 1. The first-order valence-electron chi connectivity index (χ1n) is 7.73. The van der Waals surface area contributed by atoms with Crippen molar-refractivity contribution in [2.45, 2.75) is 25.7 Å². The fraction of sp³-hybridized carbons (Fsp3) is 0.412. The molecule has 0 aliphatic carbocycles. The van der Waals surface area contributed by atoms with Gasteiger partial charge in [0.1, 0.15) is 11.5 Å². The average molecular weight is 339 g/mol. The summed E-state index contributed by atoms with van der Waals surface area (Å²) in [7, 11) is 0. The Morgan fingerprint density at radius 2 is 2.08 bits per heavy atom. The van der Waals surface area contributed by atoms with Crippen molar-refractivity contribution in [2.24, 2.45) is 5.92 Å². The highest BCUT2D eigenvalue weighted by molar-refractivity contribution is 5.94. The number of rotatable bonds is 6. The topological polar surface area (TPSA) is 52.3 Å². The third kappa shape index (κ3) is 3.67. The zero-order chi connectivity index (χ0) is 17.1. The lowest BCUT2D eigenvalue weighted by atomic mass is 10.00. The Kier molecular flexibility index (Phi) is 4.99. The number of hydrogen-bond acceptors (Lipinski definition) is 4. The van der Waals surface area contributed by atoms with E-state index in [9.17, 15) is 18.0 Å². The number of nitrogens with zero attached hydrogens (tertiary/aromatic N) is 1. The molecule has 1 aliphatic rings. The lowest BCUT2D eigenvalue weighted by molar-refractivity contribution is 0.0962. The van der Waals surface area contributed by atoms with Gasteiger partial charge in [0, 0.05) is 32.1 Å². The molecule has 1 aliphatic heterocycles. The fourth-order valence-corrected chi connectivity index (χ4v) is 2.69. The molecular weight excluding hydrogens is 323 g/mol. The molecule has 1 aromatic heterocycles. The Morgan fingerprint density at radius 3 is 2.83 bits per heavy atom. The van der Waals surface area contributed by atoms with E-state index >= 15 is 0 Å². The molecule has 3 rings (SSSR count). The van der Waals surface area contributed by atoms with Crippen molar-refractivity contribution in [3.8, 4) is 0 Å². The molecule has 7 heteroatoms. The number of aromatic nitrogens is 1. The minimum absolute atomic E-state index is 0.0628. The molecule has 1 aromatic carbocycles. The minimum atomic E-state index is -1.53. The van der Waals surface area contributed by atoms with Gasteiger partial charge >= 0.3 is 0 Å². The molecule has 0 amide bonds. The molecule has 1 fully saturated rings. The van der Waals surface area contributed by atoms with Gasteiger partial charge in [-0.3, -0.25) is 4.79 Å². The predicted octanol–water partition coefficient (Wildman–Crippen LogP) is 3.68. The first-order chi connectivity index (χ1) is 11.5. The van der Waals surface area contributed by atoms with Gasteiger partial charge < -0.3 is 9.26 Å². The number of ketones is 1. The van der Waals surface area contributed by atoms with E-state index in [1.807, 2.05) is 0 Å². The Balaban J connectivity index is 1.62. The number of Topliss-reactive ketones (excluding diaryl/α,β-unsaturated/α-hetero) is 1. The summed E-state index contributed by atoms with van der Waals surface area (Å²) in [6, 6.07) is 3.39. The van der Waals surface area contributed by atoms with Crippen molar-refractivity contribution in [3.63, 3.8) is 0 Å². The van der Waals surface area contributed by atoms with E-state index < -0.39 is 17.5 Å². The molecule has 24 heavy (non-hydrogen) atoms. The standard InChI is InChI=1S/C17H16F3NO3/c18-13-3-2-11(16(19)17(13)20)7-12-8-14(21-24-12)15(22)4-1-10-5-6-23-9-10/h2-3,8,10H,1,4-7,9H2. The largest absolute Gasteiger partial charge is 0.381 e. The second-order valence-electron chi connectivity index (χ2n) is 5.88. The van der Waals surface area contributed by atoms with E-state index in [-0.39, 0.29) is 29.2 Å². The molecule has 4 nitrogen and oxygen atoms in total. The van der Waals surface area contributed by atoms with Gasteiger partial charge in [-0.1, -0.05) is 11.2 Å². The molecule has 1 saturated heterocycles. The normalized spacial score (nSPS) is 17.4. The van der Waals surface area contributed by atoms with E-state index in [0.717, 1.165) is 31.6 Å². The third-order valence-corrected chi connectivity index (χ3v) is 4.13. The molecule has 0 saturated carbocycles. The Bertz CT molecular complexity index is 739. The summed E-state index contributed by atoms with van der Waals surface area (Å²) in [5.41, 5.74) is 0.0964. The zero-order valence-corrected chi connectivity index (χ0v) is 12.9. The van der Waals surface area contributed by atoms with Crippen molar-refractivity contribution in [1.82, 2.24) is 5.16 Å². The van der Waals surface area contributed by atoms with Crippen LogP contribution in [0, 0.1) is 23.4 Å². The van der Waals surface area contributed by atoms with Crippen molar-refractivity contribution in [1.29, 1.82) is 0 Å². The Labute approximate surface area is 136 Å². The highest BCUT2D eigenvalue weighted by atomic mass is 19.2. The van der Waals surface area contributed by atoms with Gasteiger partial charge in [-0.25, -0.2) is 13.2 Å². The molecule has 0 N–H and O–H groups in total. The van der Waals surface area contributed by atoms with Crippen LogP contribution in [0.25, 0.3) is 0 Å². The van der Waals surface area contributed by atoms with Gasteiger partial charge in [-0.15, -0.1) is 0 Å². The molecule has 2 aromatic rings. The van der Waals surface area contributed by atoms with E-state index in [1.54, 1.807) is 0 Å². The second kappa shape index (κ2) is 7.17. The van der Waals surface area contributed by atoms with Gasteiger partial charge in [-0.05, 0) is 30.4 Å². The van der Waals surface area contributed by atoms with E-state index in [1.165, 1.54) is 6.07 Å². The van der Waals surface area contributed by atoms with E-state index in [0.29, 0.717) is 18.9 Å². The van der Waals surface area contributed by atoms with Crippen LogP contribution in [0.2, 0.25) is 0 Å². The maximum absolute atomic E-state index is 13.7. The van der Waals surface area contributed by atoms with Crippen molar-refractivity contribution in [2.75, 3.05) is 13.2 Å².